The molecule has 2 heterocycles. The normalized spacial score (nSPS) is 12.2. The van der Waals surface area contributed by atoms with Crippen molar-refractivity contribution in [2.75, 3.05) is 0 Å². The molecule has 2 aromatic rings. The van der Waals surface area contributed by atoms with Crippen LogP contribution in [0.25, 0.3) is 0 Å². The lowest BCUT2D eigenvalue weighted by atomic mass is 10.3. The fourth-order valence-corrected chi connectivity index (χ4v) is 1.40. The van der Waals surface area contributed by atoms with Crippen molar-refractivity contribution in [1.29, 1.82) is 0 Å². The fraction of sp³-hybridized carbons (Fsp3) is 0.364. The zero-order chi connectivity index (χ0) is 13.1. The van der Waals surface area contributed by atoms with Crippen LogP contribution in [0.2, 0.25) is 0 Å². The zero-order valence-electron chi connectivity index (χ0n) is 10.4. The molecule has 2 N–H and O–H groups in total. The highest BCUT2D eigenvalue weighted by Crippen LogP contribution is 2.07. The predicted molar refractivity (Wildman–Crippen MR) is 63.8 cm³/mol. The second kappa shape index (κ2) is 4.91. The Hall–Kier alpha value is -2.31. The van der Waals surface area contributed by atoms with Crippen molar-refractivity contribution in [3.8, 4) is 0 Å². The third-order valence-corrected chi connectivity index (χ3v) is 2.36. The van der Waals surface area contributed by atoms with Gasteiger partial charge in [0.2, 0.25) is 0 Å². The van der Waals surface area contributed by atoms with Crippen LogP contribution in [0.3, 0.4) is 0 Å². The SMILES string of the molecule is Cc1cnc(C(=O)NC(C)c2n[nH]c(C)n2)cn1. The highest BCUT2D eigenvalue weighted by Gasteiger charge is 2.15. The number of nitrogens with one attached hydrogen (secondary N) is 2. The Kier molecular flexibility index (Phi) is 3.31. The summed E-state index contributed by atoms with van der Waals surface area (Å²) in [6.45, 7) is 5.42. The predicted octanol–water partition coefficient (Wildman–Crippen LogP) is 0.703. The van der Waals surface area contributed by atoms with Crippen molar-refractivity contribution in [1.82, 2.24) is 30.5 Å². The molecule has 0 aliphatic heterocycles. The molecule has 0 saturated carbocycles. The Bertz CT molecular complexity index is 547. The third-order valence-electron chi connectivity index (χ3n) is 2.36. The van der Waals surface area contributed by atoms with E-state index < -0.39 is 0 Å². The lowest BCUT2D eigenvalue weighted by molar-refractivity contribution is 0.0933. The average Bonchev–Trinajstić information content (AvgIpc) is 2.76. The van der Waals surface area contributed by atoms with Gasteiger partial charge >= 0.3 is 0 Å². The van der Waals surface area contributed by atoms with Crippen molar-refractivity contribution >= 4 is 5.91 Å². The molecular weight excluding hydrogens is 232 g/mol. The maximum absolute atomic E-state index is 11.9. The number of H-pyrrole nitrogens is 1. The molecule has 0 radical (unpaired) electrons. The Morgan fingerprint density at radius 1 is 1.33 bits per heavy atom. The number of aryl methyl sites for hydroxylation is 2. The van der Waals surface area contributed by atoms with Gasteiger partial charge in [-0.1, -0.05) is 0 Å². The minimum Gasteiger partial charge on any atom is -0.341 e. The molecule has 94 valence electrons. The first-order valence-corrected chi connectivity index (χ1v) is 5.54. The standard InChI is InChI=1S/C11H14N6O/c1-6-4-13-9(5-12-6)11(18)14-7(2)10-15-8(3)16-17-10/h4-5,7H,1-3H3,(H,14,18)(H,15,16,17). The van der Waals surface area contributed by atoms with Crippen molar-refractivity contribution in [2.45, 2.75) is 26.8 Å². The molecule has 7 heteroatoms. The van der Waals surface area contributed by atoms with Crippen LogP contribution in [0.4, 0.5) is 0 Å². The van der Waals surface area contributed by atoms with Crippen LogP contribution >= 0.6 is 0 Å². The van der Waals surface area contributed by atoms with Gasteiger partial charge in [-0.05, 0) is 20.8 Å². The fourth-order valence-electron chi connectivity index (χ4n) is 1.40. The maximum Gasteiger partial charge on any atom is 0.272 e. The summed E-state index contributed by atoms with van der Waals surface area (Å²) in [5, 5.41) is 9.48. The molecule has 1 amide bonds. The molecule has 0 spiro atoms. The average molecular weight is 246 g/mol. The van der Waals surface area contributed by atoms with E-state index in [0.717, 1.165) is 5.69 Å². The van der Waals surface area contributed by atoms with Crippen LogP contribution in [-0.2, 0) is 0 Å². The van der Waals surface area contributed by atoms with Crippen LogP contribution < -0.4 is 5.32 Å². The summed E-state index contributed by atoms with van der Waals surface area (Å²) in [6.07, 6.45) is 3.00. The Balaban J connectivity index is 2.05. The summed E-state index contributed by atoms with van der Waals surface area (Å²) < 4.78 is 0. The Morgan fingerprint density at radius 3 is 2.67 bits per heavy atom. The number of aromatic amines is 1. The molecule has 0 aliphatic carbocycles. The Labute approximate surface area is 104 Å². The number of amides is 1. The highest BCUT2D eigenvalue weighted by molar-refractivity contribution is 5.92. The molecule has 2 aromatic heterocycles. The smallest absolute Gasteiger partial charge is 0.272 e. The number of hydrogen-bond donors (Lipinski definition) is 2. The van der Waals surface area contributed by atoms with Gasteiger partial charge in [0.05, 0.1) is 17.9 Å². The molecule has 0 bridgehead atoms. The van der Waals surface area contributed by atoms with Crippen molar-refractivity contribution in [2.24, 2.45) is 0 Å². The van der Waals surface area contributed by atoms with E-state index in [9.17, 15) is 4.79 Å². The second-order valence-corrected chi connectivity index (χ2v) is 4.02. The van der Waals surface area contributed by atoms with Crippen molar-refractivity contribution in [3.63, 3.8) is 0 Å². The van der Waals surface area contributed by atoms with Gasteiger partial charge < -0.3 is 5.32 Å². The van der Waals surface area contributed by atoms with Crippen LogP contribution in [0, 0.1) is 13.8 Å². The summed E-state index contributed by atoms with van der Waals surface area (Å²) in [6, 6.07) is -0.287. The minimum atomic E-state index is -0.294. The summed E-state index contributed by atoms with van der Waals surface area (Å²) in [5.74, 6) is 0.958. The summed E-state index contributed by atoms with van der Waals surface area (Å²) in [7, 11) is 0. The molecule has 7 nitrogen and oxygen atoms in total. The maximum atomic E-state index is 11.9. The summed E-state index contributed by atoms with van der Waals surface area (Å²) >= 11 is 0. The number of carbonyl (C=O) groups excluding carboxylic acids is 1. The first kappa shape index (κ1) is 12.2. The van der Waals surface area contributed by atoms with E-state index in [4.69, 9.17) is 0 Å². The van der Waals surface area contributed by atoms with Gasteiger partial charge in [-0.15, -0.1) is 0 Å². The van der Waals surface area contributed by atoms with Gasteiger partial charge in [0, 0.05) is 6.20 Å². The van der Waals surface area contributed by atoms with Crippen molar-refractivity contribution in [3.05, 3.63) is 35.4 Å². The van der Waals surface area contributed by atoms with Gasteiger partial charge in [-0.2, -0.15) is 5.10 Å². The van der Waals surface area contributed by atoms with E-state index in [-0.39, 0.29) is 17.6 Å². The number of aromatic nitrogens is 5. The van der Waals surface area contributed by atoms with Crippen LogP contribution in [0.15, 0.2) is 12.4 Å². The first-order valence-electron chi connectivity index (χ1n) is 5.54. The van der Waals surface area contributed by atoms with E-state index >= 15 is 0 Å². The molecule has 1 unspecified atom stereocenters. The van der Waals surface area contributed by atoms with Crippen LogP contribution in [0.5, 0.6) is 0 Å². The Morgan fingerprint density at radius 2 is 2.11 bits per heavy atom. The summed E-state index contributed by atoms with van der Waals surface area (Å²) in [5.41, 5.74) is 1.05. The van der Waals surface area contributed by atoms with Gasteiger partial charge in [-0.3, -0.25) is 14.9 Å². The van der Waals surface area contributed by atoms with Gasteiger partial charge in [0.25, 0.3) is 5.91 Å². The summed E-state index contributed by atoms with van der Waals surface area (Å²) in [4.78, 5) is 24.1. The van der Waals surface area contributed by atoms with Gasteiger partial charge in [0.15, 0.2) is 5.82 Å². The van der Waals surface area contributed by atoms with Gasteiger partial charge in [0.1, 0.15) is 11.5 Å². The van der Waals surface area contributed by atoms with E-state index in [1.807, 2.05) is 13.8 Å². The molecule has 0 fully saturated rings. The zero-order valence-corrected chi connectivity index (χ0v) is 10.4. The molecule has 0 saturated heterocycles. The monoisotopic (exact) mass is 246 g/mol. The number of hydrogen-bond acceptors (Lipinski definition) is 5. The van der Waals surface area contributed by atoms with E-state index in [1.165, 1.54) is 6.20 Å². The first-order chi connectivity index (χ1) is 8.56. The van der Waals surface area contributed by atoms with Crippen molar-refractivity contribution < 1.29 is 4.79 Å². The third kappa shape index (κ3) is 2.68. The lowest BCUT2D eigenvalue weighted by Crippen LogP contribution is -2.28. The van der Waals surface area contributed by atoms with E-state index in [2.05, 4.69) is 30.5 Å². The number of rotatable bonds is 3. The van der Waals surface area contributed by atoms with Crippen LogP contribution in [0.1, 0.15) is 40.8 Å². The van der Waals surface area contributed by atoms with Crippen LogP contribution in [-0.4, -0.2) is 31.1 Å². The highest BCUT2D eigenvalue weighted by atomic mass is 16.1. The largest absolute Gasteiger partial charge is 0.341 e. The minimum absolute atomic E-state index is 0.278. The van der Waals surface area contributed by atoms with Gasteiger partial charge in [-0.25, -0.2) is 9.97 Å². The number of nitrogens with zero attached hydrogens (tertiary/aromatic N) is 4. The quantitative estimate of drug-likeness (QED) is 0.831. The topological polar surface area (TPSA) is 96.5 Å². The molecular formula is C11H14N6O. The lowest BCUT2D eigenvalue weighted by Gasteiger charge is -2.09. The molecule has 0 aliphatic rings. The molecule has 2 rings (SSSR count). The number of carbonyl (C=O) groups is 1. The second-order valence-electron chi connectivity index (χ2n) is 4.02. The molecule has 18 heavy (non-hydrogen) atoms. The molecule has 0 aromatic carbocycles. The van der Waals surface area contributed by atoms with E-state index in [1.54, 1.807) is 13.1 Å². The van der Waals surface area contributed by atoms with E-state index in [0.29, 0.717) is 11.6 Å². The molecule has 1 atom stereocenters.